The third-order valence-corrected chi connectivity index (χ3v) is 10.1. The van der Waals surface area contributed by atoms with Crippen LogP contribution in [-0.4, -0.2) is 33.6 Å². The third-order valence-electron chi connectivity index (χ3n) is 5.80. The zero-order chi connectivity index (χ0) is 19.7. The Morgan fingerprint density at radius 1 is 1.15 bits per heavy atom. The maximum absolute atomic E-state index is 6.76. The quantitative estimate of drug-likeness (QED) is 0.592. The number of aryl methyl sites for hydroxylation is 2. The first-order valence-electron chi connectivity index (χ1n) is 10.2. The summed E-state index contributed by atoms with van der Waals surface area (Å²) in [7, 11) is -1.85. The van der Waals surface area contributed by atoms with Crippen LogP contribution in [0.4, 0.5) is 5.69 Å². The standard InChI is InChI=1S/C22H39NO2Si/c1-10-11-19-13-20(23-14-17(3)24-18(4)15-23)12-16(2)21(19)25-26(8,9)22(5,6)7/h12-13,17-18H,10-11,14-15H2,1-9H3/t17-,18?/m1/s1. The number of ether oxygens (including phenoxy) is 1. The molecule has 1 heterocycles. The average Bonchev–Trinajstić information content (AvgIpc) is 2.48. The van der Waals surface area contributed by atoms with Crippen molar-refractivity contribution in [1.82, 2.24) is 0 Å². The Morgan fingerprint density at radius 2 is 1.73 bits per heavy atom. The summed E-state index contributed by atoms with van der Waals surface area (Å²) in [6.07, 6.45) is 2.74. The van der Waals surface area contributed by atoms with Crippen LogP contribution in [0.1, 0.15) is 59.1 Å². The summed E-state index contributed by atoms with van der Waals surface area (Å²) in [6.45, 7) is 22.3. The lowest BCUT2D eigenvalue weighted by atomic mass is 10.0. The van der Waals surface area contributed by atoms with Gasteiger partial charge in [0.1, 0.15) is 5.75 Å². The van der Waals surface area contributed by atoms with Crippen LogP contribution in [0.15, 0.2) is 12.1 Å². The van der Waals surface area contributed by atoms with Crippen molar-refractivity contribution in [2.24, 2.45) is 0 Å². The number of hydrogen-bond donors (Lipinski definition) is 0. The van der Waals surface area contributed by atoms with Gasteiger partial charge in [0.15, 0.2) is 0 Å². The van der Waals surface area contributed by atoms with E-state index >= 15 is 0 Å². The molecular formula is C22H39NO2Si. The molecule has 1 aromatic carbocycles. The molecule has 1 saturated heterocycles. The first-order valence-corrected chi connectivity index (χ1v) is 13.1. The topological polar surface area (TPSA) is 21.7 Å². The molecule has 1 aliphatic rings. The highest BCUT2D eigenvalue weighted by molar-refractivity contribution is 6.74. The fraction of sp³-hybridized carbons (Fsp3) is 0.727. The lowest BCUT2D eigenvalue weighted by Crippen LogP contribution is -2.45. The lowest BCUT2D eigenvalue weighted by molar-refractivity contribution is -0.00522. The largest absolute Gasteiger partial charge is 0.543 e. The molecule has 0 aromatic heterocycles. The van der Waals surface area contributed by atoms with E-state index in [-0.39, 0.29) is 17.2 Å². The smallest absolute Gasteiger partial charge is 0.250 e. The number of anilines is 1. The van der Waals surface area contributed by atoms with Gasteiger partial charge in [0.2, 0.25) is 0 Å². The van der Waals surface area contributed by atoms with Gasteiger partial charge in [-0.05, 0) is 68.6 Å². The van der Waals surface area contributed by atoms with Gasteiger partial charge in [0, 0.05) is 18.8 Å². The Bertz CT molecular complexity index is 611. The number of rotatable bonds is 5. The van der Waals surface area contributed by atoms with Crippen molar-refractivity contribution in [2.45, 2.75) is 91.6 Å². The van der Waals surface area contributed by atoms with E-state index in [0.717, 1.165) is 31.7 Å². The zero-order valence-corrected chi connectivity index (χ0v) is 19.4. The Labute approximate surface area is 162 Å². The van der Waals surface area contributed by atoms with Gasteiger partial charge in [-0.1, -0.05) is 34.1 Å². The Morgan fingerprint density at radius 3 is 2.23 bits per heavy atom. The van der Waals surface area contributed by atoms with E-state index in [4.69, 9.17) is 9.16 Å². The third kappa shape index (κ3) is 4.83. The van der Waals surface area contributed by atoms with Crippen LogP contribution < -0.4 is 9.33 Å². The minimum absolute atomic E-state index is 0.205. The molecule has 1 aromatic rings. The maximum Gasteiger partial charge on any atom is 0.250 e. The molecule has 0 radical (unpaired) electrons. The molecule has 0 N–H and O–H groups in total. The second-order valence-corrected chi connectivity index (χ2v) is 14.3. The lowest BCUT2D eigenvalue weighted by Gasteiger charge is -2.39. The molecule has 1 aliphatic heterocycles. The van der Waals surface area contributed by atoms with Gasteiger partial charge in [0.25, 0.3) is 8.32 Å². The van der Waals surface area contributed by atoms with Gasteiger partial charge >= 0.3 is 0 Å². The van der Waals surface area contributed by atoms with E-state index in [9.17, 15) is 0 Å². The molecule has 0 aliphatic carbocycles. The Kier molecular flexibility index (Phi) is 6.50. The summed E-state index contributed by atoms with van der Waals surface area (Å²) in [5.74, 6) is 1.14. The van der Waals surface area contributed by atoms with E-state index in [1.807, 2.05) is 0 Å². The monoisotopic (exact) mass is 377 g/mol. The van der Waals surface area contributed by atoms with Crippen LogP contribution >= 0.6 is 0 Å². The summed E-state index contributed by atoms with van der Waals surface area (Å²) >= 11 is 0. The van der Waals surface area contributed by atoms with Crippen LogP contribution in [0.25, 0.3) is 0 Å². The highest BCUT2D eigenvalue weighted by atomic mass is 28.4. The number of nitrogens with zero attached hydrogens (tertiary/aromatic N) is 1. The van der Waals surface area contributed by atoms with Gasteiger partial charge in [-0.25, -0.2) is 0 Å². The number of benzene rings is 1. The van der Waals surface area contributed by atoms with Crippen molar-refractivity contribution in [2.75, 3.05) is 18.0 Å². The minimum atomic E-state index is -1.85. The van der Waals surface area contributed by atoms with Gasteiger partial charge in [-0.15, -0.1) is 0 Å². The molecule has 0 saturated carbocycles. The van der Waals surface area contributed by atoms with Gasteiger partial charge in [-0.2, -0.15) is 0 Å². The van der Waals surface area contributed by atoms with Crippen LogP contribution in [0.2, 0.25) is 18.1 Å². The van der Waals surface area contributed by atoms with E-state index in [0.29, 0.717) is 0 Å². The Hall–Kier alpha value is -1.00. The fourth-order valence-electron chi connectivity index (χ4n) is 3.41. The van der Waals surface area contributed by atoms with Crippen molar-refractivity contribution in [3.8, 4) is 5.75 Å². The number of morpholine rings is 1. The maximum atomic E-state index is 6.76. The summed E-state index contributed by atoms with van der Waals surface area (Å²) in [5.41, 5.74) is 3.94. The molecule has 1 unspecified atom stereocenters. The molecular weight excluding hydrogens is 338 g/mol. The van der Waals surface area contributed by atoms with Gasteiger partial charge < -0.3 is 14.1 Å². The summed E-state index contributed by atoms with van der Waals surface area (Å²) in [6, 6.07) is 4.68. The molecule has 148 valence electrons. The molecule has 2 rings (SSSR count). The van der Waals surface area contributed by atoms with E-state index in [1.165, 1.54) is 16.8 Å². The van der Waals surface area contributed by atoms with Crippen LogP contribution in [0, 0.1) is 6.92 Å². The zero-order valence-electron chi connectivity index (χ0n) is 18.4. The normalized spacial score (nSPS) is 21.8. The predicted molar refractivity (Wildman–Crippen MR) is 115 cm³/mol. The second kappa shape index (κ2) is 7.93. The van der Waals surface area contributed by atoms with E-state index in [2.05, 4.69) is 78.6 Å². The number of hydrogen-bond acceptors (Lipinski definition) is 3. The van der Waals surface area contributed by atoms with Crippen molar-refractivity contribution in [1.29, 1.82) is 0 Å². The molecule has 0 bridgehead atoms. The molecule has 4 heteroatoms. The second-order valence-electron chi connectivity index (χ2n) is 9.53. The van der Waals surface area contributed by atoms with E-state index in [1.54, 1.807) is 0 Å². The summed E-state index contributed by atoms with van der Waals surface area (Å²) < 4.78 is 12.7. The summed E-state index contributed by atoms with van der Waals surface area (Å²) in [5, 5.41) is 0.205. The van der Waals surface area contributed by atoms with Crippen LogP contribution in [0.5, 0.6) is 5.75 Å². The average molecular weight is 378 g/mol. The fourth-order valence-corrected chi connectivity index (χ4v) is 4.52. The first-order chi connectivity index (χ1) is 11.9. The SMILES string of the molecule is CCCc1cc(N2CC(C)O[C@H](C)C2)cc(C)c1O[Si](C)(C)C(C)(C)C. The highest BCUT2D eigenvalue weighted by Gasteiger charge is 2.39. The highest BCUT2D eigenvalue weighted by Crippen LogP contribution is 2.40. The molecule has 1 fully saturated rings. The van der Waals surface area contributed by atoms with Crippen molar-refractivity contribution in [3.05, 3.63) is 23.3 Å². The molecule has 0 spiro atoms. The molecule has 3 nitrogen and oxygen atoms in total. The summed E-state index contributed by atoms with van der Waals surface area (Å²) in [4.78, 5) is 2.47. The van der Waals surface area contributed by atoms with E-state index < -0.39 is 8.32 Å². The Balaban J connectivity index is 2.39. The predicted octanol–water partition coefficient (Wildman–Crippen LogP) is 5.95. The van der Waals surface area contributed by atoms with Gasteiger partial charge in [0.05, 0.1) is 12.2 Å². The molecule has 2 atom stereocenters. The molecule has 26 heavy (non-hydrogen) atoms. The van der Waals surface area contributed by atoms with Crippen molar-refractivity contribution >= 4 is 14.0 Å². The molecule has 0 amide bonds. The van der Waals surface area contributed by atoms with Gasteiger partial charge in [-0.3, -0.25) is 0 Å². The van der Waals surface area contributed by atoms with Crippen LogP contribution in [-0.2, 0) is 11.2 Å². The first kappa shape index (κ1) is 21.3. The van der Waals surface area contributed by atoms with Crippen molar-refractivity contribution < 1.29 is 9.16 Å². The minimum Gasteiger partial charge on any atom is -0.543 e. The van der Waals surface area contributed by atoms with Crippen molar-refractivity contribution in [3.63, 3.8) is 0 Å². The van der Waals surface area contributed by atoms with Crippen LogP contribution in [0.3, 0.4) is 0 Å².